The third-order valence-corrected chi connectivity index (χ3v) is 2.44. The van der Waals surface area contributed by atoms with Crippen molar-refractivity contribution in [1.82, 2.24) is 0 Å². The lowest BCUT2D eigenvalue weighted by Crippen LogP contribution is -2.19. The molecule has 14 heavy (non-hydrogen) atoms. The summed E-state index contributed by atoms with van der Waals surface area (Å²) in [5.41, 5.74) is 0. The molecule has 0 aliphatic heterocycles. The molecular formula is C10H14O3S. The van der Waals surface area contributed by atoms with Crippen molar-refractivity contribution in [3.63, 3.8) is 0 Å². The van der Waals surface area contributed by atoms with Gasteiger partial charge in [0.25, 0.3) is 0 Å². The van der Waals surface area contributed by atoms with E-state index < -0.39 is 0 Å². The maximum atomic E-state index is 11.4. The molecule has 0 saturated heterocycles. The van der Waals surface area contributed by atoms with Gasteiger partial charge < -0.3 is 9.47 Å². The topological polar surface area (TPSA) is 35.5 Å². The van der Waals surface area contributed by atoms with Gasteiger partial charge in [-0.05, 0) is 25.3 Å². The molecule has 1 heterocycles. The minimum Gasteiger partial charge on any atom is -0.456 e. The molecule has 0 bridgehead atoms. The van der Waals surface area contributed by atoms with E-state index >= 15 is 0 Å². The van der Waals surface area contributed by atoms with Crippen LogP contribution in [0.15, 0.2) is 17.5 Å². The molecular weight excluding hydrogens is 200 g/mol. The maximum Gasteiger partial charge on any atom is 0.348 e. The van der Waals surface area contributed by atoms with Gasteiger partial charge in [0.05, 0.1) is 6.61 Å². The molecule has 0 aromatic carbocycles. The van der Waals surface area contributed by atoms with E-state index in [2.05, 4.69) is 0 Å². The minimum atomic E-state index is -0.271. The molecule has 0 N–H and O–H groups in total. The monoisotopic (exact) mass is 214 g/mol. The Bertz CT molecular complexity index is 269. The summed E-state index contributed by atoms with van der Waals surface area (Å²) in [4.78, 5) is 12.0. The van der Waals surface area contributed by atoms with Crippen molar-refractivity contribution in [3.8, 4) is 0 Å². The molecule has 0 aliphatic rings. The lowest BCUT2D eigenvalue weighted by atomic mass is 10.4. The van der Waals surface area contributed by atoms with Gasteiger partial charge in [0.2, 0.25) is 0 Å². The molecule has 1 atom stereocenters. The van der Waals surface area contributed by atoms with Crippen molar-refractivity contribution >= 4 is 17.3 Å². The number of thiophene rings is 1. The zero-order valence-corrected chi connectivity index (χ0v) is 9.17. The first-order valence-corrected chi connectivity index (χ1v) is 5.44. The van der Waals surface area contributed by atoms with Crippen molar-refractivity contribution in [2.24, 2.45) is 0 Å². The van der Waals surface area contributed by atoms with Gasteiger partial charge >= 0.3 is 5.97 Å². The predicted octanol–water partition coefficient (Wildman–Crippen LogP) is 2.33. The summed E-state index contributed by atoms with van der Waals surface area (Å²) in [6.07, 6.45) is -0.190. The Morgan fingerprint density at radius 3 is 3.00 bits per heavy atom. The summed E-state index contributed by atoms with van der Waals surface area (Å²) >= 11 is 1.38. The largest absolute Gasteiger partial charge is 0.456 e. The Balaban J connectivity index is 2.34. The van der Waals surface area contributed by atoms with Crippen LogP contribution >= 0.6 is 11.3 Å². The second-order valence-electron chi connectivity index (χ2n) is 2.85. The van der Waals surface area contributed by atoms with Gasteiger partial charge in [-0.1, -0.05) is 6.07 Å². The van der Waals surface area contributed by atoms with Crippen LogP contribution in [0.25, 0.3) is 0 Å². The van der Waals surface area contributed by atoms with Gasteiger partial charge in [0.1, 0.15) is 11.0 Å². The fraction of sp³-hybridized carbons (Fsp3) is 0.500. The number of ether oxygens (including phenoxy) is 2. The van der Waals surface area contributed by atoms with E-state index in [-0.39, 0.29) is 12.1 Å². The highest BCUT2D eigenvalue weighted by atomic mass is 32.1. The second kappa shape index (κ2) is 5.78. The first-order chi connectivity index (χ1) is 6.74. The predicted molar refractivity (Wildman–Crippen MR) is 55.7 cm³/mol. The van der Waals surface area contributed by atoms with Crippen molar-refractivity contribution in [3.05, 3.63) is 22.4 Å². The molecule has 1 aromatic heterocycles. The zero-order chi connectivity index (χ0) is 10.4. The Hall–Kier alpha value is -0.870. The first kappa shape index (κ1) is 11.2. The van der Waals surface area contributed by atoms with Crippen LogP contribution in [0.2, 0.25) is 0 Å². The molecule has 0 unspecified atom stereocenters. The van der Waals surface area contributed by atoms with E-state index in [1.54, 1.807) is 6.07 Å². The number of esters is 1. The minimum absolute atomic E-state index is 0.190. The smallest absolute Gasteiger partial charge is 0.348 e. The molecule has 3 nitrogen and oxygen atoms in total. The average molecular weight is 214 g/mol. The summed E-state index contributed by atoms with van der Waals surface area (Å²) in [5, 5.41) is 1.85. The highest BCUT2D eigenvalue weighted by Gasteiger charge is 2.12. The summed E-state index contributed by atoms with van der Waals surface area (Å²) in [6, 6.07) is 3.58. The summed E-state index contributed by atoms with van der Waals surface area (Å²) < 4.78 is 10.3. The highest BCUT2D eigenvalue weighted by molar-refractivity contribution is 7.11. The fourth-order valence-corrected chi connectivity index (χ4v) is 1.56. The van der Waals surface area contributed by atoms with Crippen molar-refractivity contribution in [2.45, 2.75) is 20.0 Å². The Labute approximate surface area is 87.7 Å². The Kier molecular flexibility index (Phi) is 4.62. The number of hydrogen-bond donors (Lipinski definition) is 0. The molecule has 78 valence electrons. The van der Waals surface area contributed by atoms with E-state index in [1.165, 1.54) is 11.3 Å². The molecule has 0 amide bonds. The van der Waals surface area contributed by atoms with E-state index in [1.807, 2.05) is 25.3 Å². The van der Waals surface area contributed by atoms with Crippen LogP contribution in [0.3, 0.4) is 0 Å². The number of carbonyl (C=O) groups is 1. The van der Waals surface area contributed by atoms with Crippen LogP contribution in [-0.4, -0.2) is 25.3 Å². The third-order valence-electron chi connectivity index (χ3n) is 1.59. The van der Waals surface area contributed by atoms with Crippen molar-refractivity contribution in [1.29, 1.82) is 0 Å². The molecule has 4 heteroatoms. The van der Waals surface area contributed by atoms with Gasteiger partial charge in [-0.3, -0.25) is 0 Å². The van der Waals surface area contributed by atoms with E-state index in [0.717, 1.165) is 0 Å². The van der Waals surface area contributed by atoms with E-state index in [9.17, 15) is 4.79 Å². The third kappa shape index (κ3) is 3.47. The fourth-order valence-electron chi connectivity index (χ4n) is 0.953. The molecule has 0 saturated carbocycles. The highest BCUT2D eigenvalue weighted by Crippen LogP contribution is 2.11. The van der Waals surface area contributed by atoms with Crippen LogP contribution in [-0.2, 0) is 9.47 Å². The normalized spacial score (nSPS) is 12.4. The first-order valence-electron chi connectivity index (χ1n) is 4.56. The number of carbonyl (C=O) groups excluding carboxylic acids is 1. The molecule has 1 rings (SSSR count). The van der Waals surface area contributed by atoms with Gasteiger partial charge in [-0.15, -0.1) is 11.3 Å². The Morgan fingerprint density at radius 1 is 1.64 bits per heavy atom. The summed E-state index contributed by atoms with van der Waals surface area (Å²) in [5.74, 6) is -0.271. The average Bonchev–Trinajstić information content (AvgIpc) is 2.67. The van der Waals surface area contributed by atoms with Crippen molar-refractivity contribution in [2.75, 3.05) is 13.2 Å². The standard InChI is InChI=1S/C10H14O3S/c1-3-12-7-8(2)13-10(11)9-5-4-6-14-9/h4-6,8H,3,7H2,1-2H3/t8-/m1/s1. The molecule has 0 aliphatic carbocycles. The molecule has 0 radical (unpaired) electrons. The van der Waals surface area contributed by atoms with Crippen LogP contribution in [0.5, 0.6) is 0 Å². The lowest BCUT2D eigenvalue weighted by molar-refractivity contribution is 0.00484. The lowest BCUT2D eigenvalue weighted by Gasteiger charge is -2.11. The van der Waals surface area contributed by atoms with Gasteiger partial charge in [-0.25, -0.2) is 4.79 Å². The molecule has 0 fully saturated rings. The van der Waals surface area contributed by atoms with Gasteiger partial charge in [0.15, 0.2) is 0 Å². The van der Waals surface area contributed by atoms with Crippen LogP contribution in [0, 0.1) is 0 Å². The zero-order valence-electron chi connectivity index (χ0n) is 8.36. The molecule has 0 spiro atoms. The number of hydrogen-bond acceptors (Lipinski definition) is 4. The second-order valence-corrected chi connectivity index (χ2v) is 3.80. The van der Waals surface area contributed by atoms with Gasteiger partial charge in [-0.2, -0.15) is 0 Å². The molecule has 1 aromatic rings. The quantitative estimate of drug-likeness (QED) is 0.706. The summed E-state index contributed by atoms with van der Waals surface area (Å²) in [7, 11) is 0. The van der Waals surface area contributed by atoms with Crippen LogP contribution in [0.4, 0.5) is 0 Å². The van der Waals surface area contributed by atoms with Crippen molar-refractivity contribution < 1.29 is 14.3 Å². The van der Waals surface area contributed by atoms with E-state index in [0.29, 0.717) is 18.1 Å². The maximum absolute atomic E-state index is 11.4. The van der Waals surface area contributed by atoms with Crippen LogP contribution < -0.4 is 0 Å². The van der Waals surface area contributed by atoms with Crippen LogP contribution in [0.1, 0.15) is 23.5 Å². The van der Waals surface area contributed by atoms with E-state index in [4.69, 9.17) is 9.47 Å². The summed E-state index contributed by atoms with van der Waals surface area (Å²) in [6.45, 7) is 4.82. The number of rotatable bonds is 5. The SMILES string of the molecule is CCOC[C@@H](C)OC(=O)c1cccs1. The Morgan fingerprint density at radius 2 is 2.43 bits per heavy atom. The van der Waals surface area contributed by atoms with Gasteiger partial charge in [0, 0.05) is 6.61 Å².